The van der Waals surface area contributed by atoms with Crippen LogP contribution in [0.3, 0.4) is 0 Å². The second-order valence-corrected chi connectivity index (χ2v) is 6.06. The molecule has 0 unspecified atom stereocenters. The molecule has 0 radical (unpaired) electrons. The van der Waals surface area contributed by atoms with Crippen LogP contribution in [0, 0.1) is 0 Å². The van der Waals surface area contributed by atoms with Crippen molar-refractivity contribution >= 4 is 44.8 Å². The average Bonchev–Trinajstić information content (AvgIpc) is 2.47. The first-order valence-electron chi connectivity index (χ1n) is 6.31. The third kappa shape index (κ3) is 4.67. The predicted octanol–water partition coefficient (Wildman–Crippen LogP) is 5.93. The van der Waals surface area contributed by atoms with Crippen LogP contribution in [0.2, 0.25) is 10.0 Å². The zero-order valence-electron chi connectivity index (χ0n) is 11.2. The number of halogens is 3. The number of hydrogen-bond acceptors (Lipinski definition) is 2. The third-order valence-corrected chi connectivity index (χ3v) is 4.01. The Balaban J connectivity index is 2.12. The Hall–Kier alpha value is -1.16. The molecule has 0 saturated carbocycles. The van der Waals surface area contributed by atoms with Crippen molar-refractivity contribution in [3.63, 3.8) is 0 Å². The van der Waals surface area contributed by atoms with Gasteiger partial charge in [-0.1, -0.05) is 51.8 Å². The molecule has 1 N–H and O–H groups in total. The van der Waals surface area contributed by atoms with Crippen LogP contribution in [0.4, 0.5) is 5.69 Å². The zero-order chi connectivity index (χ0) is 15.2. The van der Waals surface area contributed by atoms with E-state index in [-0.39, 0.29) is 0 Å². The van der Waals surface area contributed by atoms with Gasteiger partial charge in [0.25, 0.3) is 0 Å². The summed E-state index contributed by atoms with van der Waals surface area (Å²) in [7, 11) is 0. The molecule has 0 aliphatic rings. The largest absolute Gasteiger partial charge is 0.489 e. The molecule has 2 aromatic rings. The number of nitrogens with one attached hydrogen (secondary N) is 1. The molecule has 0 saturated heterocycles. The molecule has 0 bridgehead atoms. The van der Waals surface area contributed by atoms with Gasteiger partial charge in [0.1, 0.15) is 12.4 Å². The van der Waals surface area contributed by atoms with E-state index >= 15 is 0 Å². The normalized spacial score (nSPS) is 10.2. The molecule has 2 nitrogen and oxygen atoms in total. The van der Waals surface area contributed by atoms with E-state index in [4.69, 9.17) is 27.9 Å². The monoisotopic (exact) mass is 385 g/mol. The maximum absolute atomic E-state index is 6.01. The summed E-state index contributed by atoms with van der Waals surface area (Å²) in [5.41, 5.74) is 1.94. The van der Waals surface area contributed by atoms with Gasteiger partial charge in [0.05, 0.1) is 10.0 Å². The maximum Gasteiger partial charge on any atom is 0.124 e. The van der Waals surface area contributed by atoms with Gasteiger partial charge in [0, 0.05) is 22.3 Å². The summed E-state index contributed by atoms with van der Waals surface area (Å²) in [6.45, 7) is 4.75. The molecule has 0 aliphatic carbocycles. The molecule has 0 fully saturated rings. The van der Waals surface area contributed by atoms with E-state index in [1.165, 1.54) is 0 Å². The predicted molar refractivity (Wildman–Crippen MR) is 93.6 cm³/mol. The van der Waals surface area contributed by atoms with E-state index in [1.54, 1.807) is 18.2 Å². The lowest BCUT2D eigenvalue weighted by molar-refractivity contribution is 0.359. The third-order valence-electron chi connectivity index (χ3n) is 2.78. The molecular weight excluding hydrogens is 373 g/mol. The number of hydrogen-bond donors (Lipinski definition) is 1. The van der Waals surface area contributed by atoms with Gasteiger partial charge in [0.15, 0.2) is 0 Å². The van der Waals surface area contributed by atoms with Crippen molar-refractivity contribution in [2.45, 2.75) is 6.54 Å². The molecule has 0 atom stereocenters. The molecule has 2 rings (SSSR count). The SMILES string of the molecule is C=CCOc1ccc(Br)cc1CNc1ccc(Cl)c(Cl)c1. The topological polar surface area (TPSA) is 21.3 Å². The van der Waals surface area contributed by atoms with E-state index in [0.29, 0.717) is 23.2 Å². The molecule has 21 heavy (non-hydrogen) atoms. The number of anilines is 1. The quantitative estimate of drug-likeness (QED) is 0.621. The smallest absolute Gasteiger partial charge is 0.124 e. The highest BCUT2D eigenvalue weighted by molar-refractivity contribution is 9.10. The summed E-state index contributed by atoms with van der Waals surface area (Å²) in [5, 5.41) is 4.37. The molecule has 0 aliphatic heterocycles. The van der Waals surface area contributed by atoms with E-state index in [0.717, 1.165) is 21.5 Å². The van der Waals surface area contributed by atoms with Crippen LogP contribution in [0.25, 0.3) is 0 Å². The summed E-state index contributed by atoms with van der Waals surface area (Å²) < 4.78 is 6.65. The van der Waals surface area contributed by atoms with Crippen molar-refractivity contribution in [2.75, 3.05) is 11.9 Å². The minimum atomic E-state index is 0.474. The molecule has 2 aromatic carbocycles. The van der Waals surface area contributed by atoms with E-state index < -0.39 is 0 Å². The van der Waals surface area contributed by atoms with E-state index in [1.807, 2.05) is 24.3 Å². The summed E-state index contributed by atoms with van der Waals surface area (Å²) in [5.74, 6) is 0.825. The van der Waals surface area contributed by atoms with E-state index in [9.17, 15) is 0 Å². The van der Waals surface area contributed by atoms with Crippen LogP contribution in [0.1, 0.15) is 5.56 Å². The number of rotatable bonds is 6. The molecule has 0 aromatic heterocycles. The molecule has 0 amide bonds. The molecule has 110 valence electrons. The Kier molecular flexibility index (Phi) is 5.97. The first kappa shape index (κ1) is 16.2. The van der Waals surface area contributed by atoms with Crippen LogP contribution < -0.4 is 10.1 Å². The van der Waals surface area contributed by atoms with Gasteiger partial charge in [-0.25, -0.2) is 0 Å². The lowest BCUT2D eigenvalue weighted by Gasteiger charge is -2.13. The summed E-state index contributed by atoms with van der Waals surface area (Å²) in [6.07, 6.45) is 1.72. The highest BCUT2D eigenvalue weighted by atomic mass is 79.9. The van der Waals surface area contributed by atoms with Crippen molar-refractivity contribution in [2.24, 2.45) is 0 Å². The van der Waals surface area contributed by atoms with Crippen LogP contribution in [0.15, 0.2) is 53.5 Å². The minimum absolute atomic E-state index is 0.474. The van der Waals surface area contributed by atoms with Gasteiger partial charge in [-0.2, -0.15) is 0 Å². The van der Waals surface area contributed by atoms with Gasteiger partial charge in [-0.3, -0.25) is 0 Å². The second kappa shape index (κ2) is 7.74. The summed E-state index contributed by atoms with van der Waals surface area (Å²) in [6, 6.07) is 11.3. The van der Waals surface area contributed by atoms with Crippen molar-refractivity contribution in [3.05, 3.63) is 69.1 Å². The minimum Gasteiger partial charge on any atom is -0.489 e. The van der Waals surface area contributed by atoms with Gasteiger partial charge < -0.3 is 10.1 Å². The number of ether oxygens (including phenoxy) is 1. The molecule has 0 spiro atoms. The lowest BCUT2D eigenvalue weighted by atomic mass is 10.2. The first-order chi connectivity index (χ1) is 10.1. The van der Waals surface area contributed by atoms with Crippen molar-refractivity contribution in [1.82, 2.24) is 0 Å². The highest BCUT2D eigenvalue weighted by Gasteiger charge is 2.05. The van der Waals surface area contributed by atoms with Crippen LogP contribution >= 0.6 is 39.1 Å². The van der Waals surface area contributed by atoms with Crippen LogP contribution in [-0.2, 0) is 6.54 Å². The van der Waals surface area contributed by atoms with E-state index in [2.05, 4.69) is 27.8 Å². The van der Waals surface area contributed by atoms with Gasteiger partial charge in [0.2, 0.25) is 0 Å². The van der Waals surface area contributed by atoms with Gasteiger partial charge in [-0.05, 0) is 36.4 Å². The Morgan fingerprint density at radius 3 is 2.67 bits per heavy atom. The average molecular weight is 387 g/mol. The highest BCUT2D eigenvalue weighted by Crippen LogP contribution is 2.27. The fourth-order valence-corrected chi connectivity index (χ4v) is 2.49. The summed E-state index contributed by atoms with van der Waals surface area (Å²) >= 11 is 15.4. The second-order valence-electron chi connectivity index (χ2n) is 4.33. The van der Waals surface area contributed by atoms with Gasteiger partial charge >= 0.3 is 0 Å². The Morgan fingerprint density at radius 1 is 1.14 bits per heavy atom. The number of benzene rings is 2. The zero-order valence-corrected chi connectivity index (χ0v) is 14.3. The standard InChI is InChI=1S/C16H14BrCl2NO/c1-2-7-21-16-6-3-12(17)8-11(16)10-20-13-4-5-14(18)15(19)9-13/h2-6,8-9,20H,1,7,10H2. The fraction of sp³-hybridized carbons (Fsp3) is 0.125. The summed E-state index contributed by atoms with van der Waals surface area (Å²) in [4.78, 5) is 0. The van der Waals surface area contributed by atoms with Crippen molar-refractivity contribution in [3.8, 4) is 5.75 Å². The Labute approximate surface area is 142 Å². The Morgan fingerprint density at radius 2 is 1.95 bits per heavy atom. The van der Waals surface area contributed by atoms with Crippen molar-refractivity contribution in [1.29, 1.82) is 0 Å². The van der Waals surface area contributed by atoms with Crippen LogP contribution in [0.5, 0.6) is 5.75 Å². The van der Waals surface area contributed by atoms with Gasteiger partial charge in [-0.15, -0.1) is 0 Å². The van der Waals surface area contributed by atoms with Crippen molar-refractivity contribution < 1.29 is 4.74 Å². The fourth-order valence-electron chi connectivity index (χ4n) is 1.78. The lowest BCUT2D eigenvalue weighted by Crippen LogP contribution is -2.03. The first-order valence-corrected chi connectivity index (χ1v) is 7.86. The Bertz CT molecular complexity index is 646. The maximum atomic E-state index is 6.01. The molecular formula is C16H14BrCl2NO. The molecule has 0 heterocycles. The molecule has 5 heteroatoms. The van der Waals surface area contributed by atoms with Crippen LogP contribution in [-0.4, -0.2) is 6.61 Å².